The zero-order valence-corrected chi connectivity index (χ0v) is 14.5. The molecule has 3 N–H and O–H groups in total. The van der Waals surface area contributed by atoms with Crippen molar-refractivity contribution in [1.29, 1.82) is 0 Å². The first-order valence-electron chi connectivity index (χ1n) is 8.51. The molecule has 1 fully saturated rings. The molecule has 2 rings (SSSR count). The number of carbonyl (C=O) groups is 1. The topological polar surface area (TPSA) is 82.8 Å². The number of nitrogens with one attached hydrogen (secondary N) is 1. The van der Waals surface area contributed by atoms with Crippen molar-refractivity contribution in [1.82, 2.24) is 5.32 Å². The minimum Gasteiger partial charge on any atom is -0.496 e. The lowest BCUT2D eigenvalue weighted by Crippen LogP contribution is -2.38. The van der Waals surface area contributed by atoms with Gasteiger partial charge in [0, 0.05) is 36.7 Å². The minimum absolute atomic E-state index is 0.0670. The molecule has 1 amide bonds. The van der Waals surface area contributed by atoms with E-state index in [9.17, 15) is 4.79 Å². The molecule has 0 radical (unpaired) electrons. The predicted molar refractivity (Wildman–Crippen MR) is 92.6 cm³/mol. The number of amides is 1. The second-order valence-corrected chi connectivity index (χ2v) is 6.17. The van der Waals surface area contributed by atoms with Crippen LogP contribution in [-0.2, 0) is 4.79 Å². The molecule has 1 aliphatic rings. The number of hydrogen-bond acceptors (Lipinski definition) is 5. The maximum atomic E-state index is 12.1. The number of hydrogen-bond donors (Lipinski definition) is 2. The van der Waals surface area contributed by atoms with Gasteiger partial charge in [-0.3, -0.25) is 4.79 Å². The van der Waals surface area contributed by atoms with Crippen molar-refractivity contribution in [3.63, 3.8) is 0 Å². The van der Waals surface area contributed by atoms with Gasteiger partial charge in [0.15, 0.2) is 0 Å². The summed E-state index contributed by atoms with van der Waals surface area (Å²) < 4.78 is 16.1. The first-order chi connectivity index (χ1) is 11.6. The smallest absolute Gasteiger partial charge is 0.223 e. The van der Waals surface area contributed by atoms with Crippen LogP contribution in [0.2, 0.25) is 0 Å². The Morgan fingerprint density at radius 1 is 1.17 bits per heavy atom. The van der Waals surface area contributed by atoms with Crippen LogP contribution in [-0.4, -0.2) is 39.3 Å². The van der Waals surface area contributed by atoms with Crippen molar-refractivity contribution in [3.8, 4) is 17.2 Å². The van der Waals surface area contributed by atoms with E-state index in [0.717, 1.165) is 32.1 Å². The molecule has 134 valence electrons. The summed E-state index contributed by atoms with van der Waals surface area (Å²) in [4.78, 5) is 12.1. The molecular weight excluding hydrogens is 308 g/mol. The van der Waals surface area contributed by atoms with E-state index in [0.29, 0.717) is 30.4 Å². The summed E-state index contributed by atoms with van der Waals surface area (Å²) in [6.07, 6.45) is 4.55. The van der Waals surface area contributed by atoms with E-state index in [2.05, 4.69) is 5.32 Å². The molecule has 6 heteroatoms. The molecule has 0 aliphatic heterocycles. The van der Waals surface area contributed by atoms with Gasteiger partial charge in [0.2, 0.25) is 5.91 Å². The fourth-order valence-corrected chi connectivity index (χ4v) is 2.95. The van der Waals surface area contributed by atoms with Crippen molar-refractivity contribution in [2.45, 2.75) is 38.1 Å². The number of methoxy groups -OCH3 is 2. The molecule has 2 unspecified atom stereocenters. The van der Waals surface area contributed by atoms with Crippen molar-refractivity contribution in [2.24, 2.45) is 11.7 Å². The average molecular weight is 336 g/mol. The summed E-state index contributed by atoms with van der Waals surface area (Å²) in [6.45, 7) is 1.12. The third kappa shape index (κ3) is 5.60. The van der Waals surface area contributed by atoms with E-state index in [4.69, 9.17) is 19.9 Å². The Morgan fingerprint density at radius 3 is 2.46 bits per heavy atom. The van der Waals surface area contributed by atoms with Crippen molar-refractivity contribution >= 4 is 5.91 Å². The Hall–Kier alpha value is -1.95. The maximum Gasteiger partial charge on any atom is 0.223 e. The van der Waals surface area contributed by atoms with Crippen LogP contribution in [0.4, 0.5) is 0 Å². The summed E-state index contributed by atoms with van der Waals surface area (Å²) in [7, 11) is 3.20. The lowest BCUT2D eigenvalue weighted by molar-refractivity contribution is -0.126. The van der Waals surface area contributed by atoms with E-state index in [1.165, 1.54) is 0 Å². The van der Waals surface area contributed by atoms with E-state index < -0.39 is 0 Å². The highest BCUT2D eigenvalue weighted by Gasteiger charge is 2.24. The molecule has 0 heterocycles. The van der Waals surface area contributed by atoms with E-state index in [-0.39, 0.29) is 17.9 Å². The Bertz CT molecular complexity index is 514. The molecule has 6 nitrogen and oxygen atoms in total. The molecule has 1 aliphatic carbocycles. The van der Waals surface area contributed by atoms with Crippen LogP contribution in [0.25, 0.3) is 0 Å². The van der Waals surface area contributed by atoms with Crippen LogP contribution >= 0.6 is 0 Å². The van der Waals surface area contributed by atoms with E-state index in [1.54, 1.807) is 20.3 Å². The van der Waals surface area contributed by atoms with Crippen LogP contribution in [0.1, 0.15) is 32.1 Å². The van der Waals surface area contributed by atoms with Crippen molar-refractivity contribution < 1.29 is 19.0 Å². The Balaban J connectivity index is 1.68. The zero-order valence-electron chi connectivity index (χ0n) is 14.5. The van der Waals surface area contributed by atoms with Gasteiger partial charge < -0.3 is 25.3 Å². The first-order valence-corrected chi connectivity index (χ1v) is 8.51. The lowest BCUT2D eigenvalue weighted by atomic mass is 9.85. The second-order valence-electron chi connectivity index (χ2n) is 6.17. The molecule has 1 aromatic carbocycles. The lowest BCUT2D eigenvalue weighted by Gasteiger charge is -2.25. The van der Waals surface area contributed by atoms with Gasteiger partial charge in [0.1, 0.15) is 17.2 Å². The van der Waals surface area contributed by atoms with Crippen molar-refractivity contribution in [3.05, 3.63) is 18.2 Å². The molecule has 1 aromatic rings. The normalized spacial score (nSPS) is 20.3. The highest BCUT2D eigenvalue weighted by Crippen LogP contribution is 2.27. The van der Waals surface area contributed by atoms with Gasteiger partial charge in [0.05, 0.1) is 20.8 Å². The standard InChI is InChI=1S/C18H28N2O4/c1-22-15-10-16(23-2)12-17(11-15)24-8-4-7-20-18(21)13-5-3-6-14(19)9-13/h10-14H,3-9,19H2,1-2H3,(H,20,21). The van der Waals surface area contributed by atoms with E-state index in [1.807, 2.05) is 12.1 Å². The number of carbonyl (C=O) groups excluding carboxylic acids is 1. The van der Waals surface area contributed by atoms with Crippen LogP contribution < -0.4 is 25.3 Å². The quantitative estimate of drug-likeness (QED) is 0.711. The molecule has 0 aromatic heterocycles. The molecule has 0 spiro atoms. The second kappa shape index (κ2) is 9.37. The van der Waals surface area contributed by atoms with Gasteiger partial charge in [-0.25, -0.2) is 0 Å². The third-order valence-electron chi connectivity index (χ3n) is 4.30. The number of rotatable bonds is 8. The summed E-state index contributed by atoms with van der Waals surface area (Å²) in [5.41, 5.74) is 5.93. The third-order valence-corrected chi connectivity index (χ3v) is 4.30. The van der Waals surface area contributed by atoms with E-state index >= 15 is 0 Å². The summed E-state index contributed by atoms with van der Waals surface area (Å²) >= 11 is 0. The van der Waals surface area contributed by atoms with Gasteiger partial charge in [-0.05, 0) is 25.7 Å². The largest absolute Gasteiger partial charge is 0.496 e. The van der Waals surface area contributed by atoms with Gasteiger partial charge in [0.25, 0.3) is 0 Å². The molecule has 0 bridgehead atoms. The SMILES string of the molecule is COc1cc(OC)cc(OCCCNC(=O)C2CCCC(N)C2)c1. The fraction of sp³-hybridized carbons (Fsp3) is 0.611. The highest BCUT2D eigenvalue weighted by molar-refractivity contribution is 5.78. The van der Waals surface area contributed by atoms with Crippen LogP contribution in [0.3, 0.4) is 0 Å². The van der Waals surface area contributed by atoms with Crippen LogP contribution in [0, 0.1) is 5.92 Å². The molecular formula is C18H28N2O4. The number of nitrogens with two attached hydrogens (primary N) is 1. The van der Waals surface area contributed by atoms with Gasteiger partial charge >= 0.3 is 0 Å². The Morgan fingerprint density at radius 2 is 1.83 bits per heavy atom. The van der Waals surface area contributed by atoms with Gasteiger partial charge in [-0.2, -0.15) is 0 Å². The van der Waals surface area contributed by atoms with Crippen LogP contribution in [0.5, 0.6) is 17.2 Å². The van der Waals surface area contributed by atoms with Gasteiger partial charge in [-0.1, -0.05) is 6.42 Å². The van der Waals surface area contributed by atoms with Crippen molar-refractivity contribution in [2.75, 3.05) is 27.4 Å². The molecule has 1 saturated carbocycles. The fourth-order valence-electron chi connectivity index (χ4n) is 2.95. The first kappa shape index (κ1) is 18.4. The average Bonchev–Trinajstić information content (AvgIpc) is 2.60. The number of ether oxygens (including phenoxy) is 3. The maximum absolute atomic E-state index is 12.1. The summed E-state index contributed by atoms with van der Waals surface area (Å²) in [5.74, 6) is 2.25. The minimum atomic E-state index is 0.0670. The monoisotopic (exact) mass is 336 g/mol. The summed E-state index contributed by atoms with van der Waals surface area (Å²) in [6, 6.07) is 5.58. The zero-order chi connectivity index (χ0) is 17.4. The molecule has 0 saturated heterocycles. The number of benzene rings is 1. The molecule has 2 atom stereocenters. The highest BCUT2D eigenvalue weighted by atomic mass is 16.5. The summed E-state index contributed by atoms with van der Waals surface area (Å²) in [5, 5.41) is 2.98. The van der Waals surface area contributed by atoms with Crippen LogP contribution in [0.15, 0.2) is 18.2 Å². The predicted octanol–water partition coefficient (Wildman–Crippen LogP) is 2.11. The molecule has 24 heavy (non-hydrogen) atoms. The Kier molecular flexibility index (Phi) is 7.18. The Labute approximate surface area is 143 Å². The van der Waals surface area contributed by atoms with Gasteiger partial charge in [-0.15, -0.1) is 0 Å².